The van der Waals surface area contributed by atoms with Crippen molar-refractivity contribution in [2.45, 2.75) is 56.4 Å². The van der Waals surface area contributed by atoms with E-state index in [-0.39, 0.29) is 5.54 Å². The van der Waals surface area contributed by atoms with Gasteiger partial charge in [0.1, 0.15) is 5.54 Å². The van der Waals surface area contributed by atoms with E-state index in [0.29, 0.717) is 11.3 Å². The Kier molecular flexibility index (Phi) is 4.28. The van der Waals surface area contributed by atoms with Gasteiger partial charge in [-0.2, -0.15) is 17.0 Å². The van der Waals surface area contributed by atoms with E-state index in [0.717, 1.165) is 12.8 Å². The standard InChI is InChI=1S/C11H20N2S/c1-9(2)13-11(8-12)6-4-5-10(7-11)14-3/h9-10,13H,4-7H2,1-3H3. The lowest BCUT2D eigenvalue weighted by molar-refractivity contribution is 0.285. The lowest BCUT2D eigenvalue weighted by atomic mass is 9.82. The number of hydrogen-bond donors (Lipinski definition) is 1. The molecule has 0 spiro atoms. The lowest BCUT2D eigenvalue weighted by Crippen LogP contribution is -2.51. The normalized spacial score (nSPS) is 32.9. The zero-order valence-corrected chi connectivity index (χ0v) is 10.2. The van der Waals surface area contributed by atoms with Crippen LogP contribution in [-0.4, -0.2) is 23.1 Å². The van der Waals surface area contributed by atoms with Crippen LogP contribution in [0.15, 0.2) is 0 Å². The highest BCUT2D eigenvalue weighted by molar-refractivity contribution is 7.99. The van der Waals surface area contributed by atoms with Crippen LogP contribution >= 0.6 is 11.8 Å². The van der Waals surface area contributed by atoms with E-state index in [1.165, 1.54) is 12.8 Å². The van der Waals surface area contributed by atoms with Crippen molar-refractivity contribution in [3.63, 3.8) is 0 Å². The van der Waals surface area contributed by atoms with Crippen LogP contribution in [0.25, 0.3) is 0 Å². The van der Waals surface area contributed by atoms with Gasteiger partial charge in [-0.25, -0.2) is 0 Å². The average Bonchev–Trinajstić information content (AvgIpc) is 2.17. The molecule has 1 rings (SSSR count). The second kappa shape index (κ2) is 5.04. The summed E-state index contributed by atoms with van der Waals surface area (Å²) in [6.45, 7) is 4.23. The molecule has 0 aromatic rings. The first-order valence-electron chi connectivity index (χ1n) is 5.33. The molecule has 0 heterocycles. The largest absolute Gasteiger partial charge is 0.297 e. The summed E-state index contributed by atoms with van der Waals surface area (Å²) in [6.07, 6.45) is 6.61. The molecule has 1 fully saturated rings. The molecule has 0 aromatic heterocycles. The molecular weight excluding hydrogens is 192 g/mol. The third-order valence-corrected chi connectivity index (χ3v) is 3.89. The Morgan fingerprint density at radius 3 is 2.79 bits per heavy atom. The van der Waals surface area contributed by atoms with Gasteiger partial charge in [-0.05, 0) is 45.8 Å². The second-order valence-electron chi connectivity index (χ2n) is 4.45. The minimum Gasteiger partial charge on any atom is -0.297 e. The highest BCUT2D eigenvalue weighted by Crippen LogP contribution is 2.33. The molecule has 0 amide bonds. The van der Waals surface area contributed by atoms with Crippen LogP contribution in [0.2, 0.25) is 0 Å². The molecule has 1 saturated carbocycles. The Bertz CT molecular complexity index is 222. The quantitative estimate of drug-likeness (QED) is 0.781. The molecule has 2 atom stereocenters. The molecule has 80 valence electrons. The van der Waals surface area contributed by atoms with Gasteiger partial charge in [0.2, 0.25) is 0 Å². The molecule has 0 aliphatic heterocycles. The van der Waals surface area contributed by atoms with E-state index in [2.05, 4.69) is 31.5 Å². The van der Waals surface area contributed by atoms with Crippen LogP contribution in [0, 0.1) is 11.3 Å². The molecule has 2 nitrogen and oxygen atoms in total. The van der Waals surface area contributed by atoms with Crippen molar-refractivity contribution < 1.29 is 0 Å². The SMILES string of the molecule is CSC1CCCC(C#N)(NC(C)C)C1. The molecular formula is C11H20N2S. The van der Waals surface area contributed by atoms with Crippen LogP contribution in [0.1, 0.15) is 39.5 Å². The summed E-state index contributed by atoms with van der Waals surface area (Å²) < 4.78 is 0. The lowest BCUT2D eigenvalue weighted by Gasteiger charge is -2.37. The van der Waals surface area contributed by atoms with Gasteiger partial charge in [-0.1, -0.05) is 0 Å². The number of nitriles is 1. The maximum absolute atomic E-state index is 9.28. The number of thioether (sulfide) groups is 1. The fourth-order valence-corrected chi connectivity index (χ4v) is 3.10. The van der Waals surface area contributed by atoms with Crippen molar-refractivity contribution in [3.8, 4) is 6.07 Å². The van der Waals surface area contributed by atoms with E-state index in [1.54, 1.807) is 0 Å². The van der Waals surface area contributed by atoms with Crippen LogP contribution < -0.4 is 5.32 Å². The Hall–Kier alpha value is -0.200. The smallest absolute Gasteiger partial charge is 0.108 e. The number of hydrogen-bond acceptors (Lipinski definition) is 3. The maximum atomic E-state index is 9.28. The van der Waals surface area contributed by atoms with Crippen molar-refractivity contribution >= 4 is 11.8 Å². The Morgan fingerprint density at radius 2 is 2.29 bits per heavy atom. The van der Waals surface area contributed by atoms with Gasteiger partial charge < -0.3 is 0 Å². The molecule has 1 aliphatic rings. The summed E-state index contributed by atoms with van der Waals surface area (Å²) in [5, 5.41) is 13.4. The first kappa shape index (κ1) is 11.9. The minimum atomic E-state index is -0.250. The van der Waals surface area contributed by atoms with Gasteiger partial charge in [0.05, 0.1) is 6.07 Å². The fourth-order valence-electron chi connectivity index (χ4n) is 2.24. The molecule has 1 aliphatic carbocycles. The van der Waals surface area contributed by atoms with Crippen LogP contribution in [0.4, 0.5) is 0 Å². The average molecular weight is 212 g/mol. The number of nitrogens with one attached hydrogen (secondary N) is 1. The highest BCUT2D eigenvalue weighted by Gasteiger charge is 2.36. The summed E-state index contributed by atoms with van der Waals surface area (Å²) >= 11 is 1.90. The Morgan fingerprint density at radius 1 is 1.57 bits per heavy atom. The third-order valence-electron chi connectivity index (χ3n) is 2.82. The number of nitrogens with zero attached hydrogens (tertiary/aromatic N) is 1. The third kappa shape index (κ3) is 2.90. The summed E-state index contributed by atoms with van der Waals surface area (Å²) in [6, 6.07) is 2.89. The summed E-state index contributed by atoms with van der Waals surface area (Å²) in [7, 11) is 0. The van der Waals surface area contributed by atoms with E-state index in [9.17, 15) is 5.26 Å². The predicted octanol–water partition coefficient (Wildman–Crippen LogP) is 2.55. The molecule has 0 bridgehead atoms. The monoisotopic (exact) mass is 212 g/mol. The van der Waals surface area contributed by atoms with Gasteiger partial charge in [0, 0.05) is 11.3 Å². The van der Waals surface area contributed by atoms with Gasteiger partial charge in [0.15, 0.2) is 0 Å². The van der Waals surface area contributed by atoms with Crippen molar-refractivity contribution in [1.82, 2.24) is 5.32 Å². The van der Waals surface area contributed by atoms with Crippen LogP contribution in [0.5, 0.6) is 0 Å². The molecule has 3 heteroatoms. The van der Waals surface area contributed by atoms with Gasteiger partial charge in [-0.15, -0.1) is 0 Å². The molecule has 0 radical (unpaired) electrons. The molecule has 2 unspecified atom stereocenters. The van der Waals surface area contributed by atoms with Gasteiger partial charge >= 0.3 is 0 Å². The summed E-state index contributed by atoms with van der Waals surface area (Å²) in [5.41, 5.74) is -0.250. The van der Waals surface area contributed by atoms with Crippen molar-refractivity contribution in [1.29, 1.82) is 5.26 Å². The topological polar surface area (TPSA) is 35.8 Å². The van der Waals surface area contributed by atoms with Gasteiger partial charge in [-0.3, -0.25) is 5.32 Å². The summed E-state index contributed by atoms with van der Waals surface area (Å²) in [4.78, 5) is 0. The van der Waals surface area contributed by atoms with E-state index >= 15 is 0 Å². The van der Waals surface area contributed by atoms with E-state index < -0.39 is 0 Å². The summed E-state index contributed by atoms with van der Waals surface area (Å²) in [5.74, 6) is 0. The Labute approximate surface area is 91.4 Å². The molecule has 1 N–H and O–H groups in total. The highest BCUT2D eigenvalue weighted by atomic mass is 32.2. The van der Waals surface area contributed by atoms with Gasteiger partial charge in [0.25, 0.3) is 0 Å². The first-order chi connectivity index (χ1) is 6.62. The molecule has 0 saturated heterocycles. The Balaban J connectivity index is 2.64. The second-order valence-corrected chi connectivity index (χ2v) is 5.59. The van der Waals surface area contributed by atoms with Crippen molar-refractivity contribution in [3.05, 3.63) is 0 Å². The van der Waals surface area contributed by atoms with Crippen molar-refractivity contribution in [2.24, 2.45) is 0 Å². The predicted molar refractivity (Wildman–Crippen MR) is 62.4 cm³/mol. The zero-order chi connectivity index (χ0) is 10.6. The number of rotatable bonds is 3. The molecule has 14 heavy (non-hydrogen) atoms. The van der Waals surface area contributed by atoms with Crippen LogP contribution in [-0.2, 0) is 0 Å². The zero-order valence-electron chi connectivity index (χ0n) is 9.34. The van der Waals surface area contributed by atoms with E-state index in [4.69, 9.17) is 0 Å². The van der Waals surface area contributed by atoms with E-state index in [1.807, 2.05) is 11.8 Å². The minimum absolute atomic E-state index is 0.250. The molecule has 0 aromatic carbocycles. The first-order valence-corrected chi connectivity index (χ1v) is 6.62. The van der Waals surface area contributed by atoms with Crippen molar-refractivity contribution in [2.75, 3.05) is 6.26 Å². The van der Waals surface area contributed by atoms with Crippen LogP contribution in [0.3, 0.4) is 0 Å². The fraction of sp³-hybridized carbons (Fsp3) is 0.909. The maximum Gasteiger partial charge on any atom is 0.108 e.